The maximum Gasteiger partial charge on any atom is 0.269 e. The Morgan fingerprint density at radius 2 is 1.94 bits per heavy atom. The molecule has 2 heterocycles. The summed E-state index contributed by atoms with van der Waals surface area (Å²) in [5.74, 6) is -0.235. The van der Waals surface area contributed by atoms with Crippen molar-refractivity contribution in [3.63, 3.8) is 0 Å². The molecule has 3 aromatic rings. The molecular formula is C24H23N3O4S2. The Bertz CT molecular complexity index is 1210. The molecule has 7 nitrogen and oxygen atoms in total. The van der Waals surface area contributed by atoms with E-state index in [1.165, 1.54) is 34.3 Å². The summed E-state index contributed by atoms with van der Waals surface area (Å²) in [6.45, 7) is 4.91. The van der Waals surface area contributed by atoms with Gasteiger partial charge in [0.25, 0.3) is 11.6 Å². The quantitative estimate of drug-likeness (QED) is 0.294. The maximum atomic E-state index is 13.2. The number of hydrogen-bond donors (Lipinski definition) is 1. The summed E-state index contributed by atoms with van der Waals surface area (Å²) in [6, 6.07) is 13.6. The molecule has 0 saturated carbocycles. The van der Waals surface area contributed by atoms with Gasteiger partial charge in [-0.1, -0.05) is 6.07 Å². The average Bonchev–Trinajstić information content (AvgIpc) is 3.28. The second-order valence-corrected chi connectivity index (χ2v) is 10.2. The van der Waals surface area contributed by atoms with Crippen LogP contribution in [0.25, 0.3) is 0 Å². The number of non-ortho nitro benzene ring substituents is 1. The normalized spacial score (nSPS) is 13.8. The first-order valence-electron chi connectivity index (χ1n) is 10.5. The van der Waals surface area contributed by atoms with Crippen LogP contribution in [0.2, 0.25) is 0 Å². The topological polar surface area (TPSA) is 92.5 Å². The van der Waals surface area contributed by atoms with Crippen LogP contribution in [0.4, 0.5) is 11.4 Å². The second kappa shape index (κ2) is 9.76. The van der Waals surface area contributed by atoms with Gasteiger partial charge >= 0.3 is 0 Å². The summed E-state index contributed by atoms with van der Waals surface area (Å²) in [5.41, 5.74) is 3.15. The van der Waals surface area contributed by atoms with Crippen LogP contribution in [0, 0.1) is 17.0 Å². The first-order valence-corrected chi connectivity index (χ1v) is 12.3. The number of nitrogens with one attached hydrogen (secondary N) is 1. The van der Waals surface area contributed by atoms with Gasteiger partial charge in [0, 0.05) is 46.2 Å². The monoisotopic (exact) mass is 481 g/mol. The second-order valence-electron chi connectivity index (χ2n) is 7.82. The molecule has 1 aromatic heterocycles. The lowest BCUT2D eigenvalue weighted by molar-refractivity contribution is -0.384. The van der Waals surface area contributed by atoms with Crippen LogP contribution >= 0.6 is 23.1 Å². The number of nitrogens with zero attached hydrogens (tertiary/aromatic N) is 2. The molecule has 1 atom stereocenters. The van der Waals surface area contributed by atoms with Crippen molar-refractivity contribution in [1.29, 1.82) is 0 Å². The summed E-state index contributed by atoms with van der Waals surface area (Å²) >= 11 is 3.05. The smallest absolute Gasteiger partial charge is 0.269 e. The van der Waals surface area contributed by atoms with Gasteiger partial charge in [0.2, 0.25) is 5.91 Å². The van der Waals surface area contributed by atoms with Crippen molar-refractivity contribution >= 4 is 46.3 Å². The van der Waals surface area contributed by atoms with Crippen molar-refractivity contribution in [3.8, 4) is 0 Å². The first kappa shape index (κ1) is 23.0. The number of benzene rings is 2. The number of hydrogen-bond acceptors (Lipinski definition) is 6. The molecule has 4 rings (SSSR count). The van der Waals surface area contributed by atoms with E-state index in [-0.39, 0.29) is 17.5 Å². The lowest BCUT2D eigenvalue weighted by Gasteiger charge is -2.28. The van der Waals surface area contributed by atoms with E-state index in [4.69, 9.17) is 0 Å². The maximum absolute atomic E-state index is 13.2. The summed E-state index contributed by atoms with van der Waals surface area (Å²) in [6.07, 6.45) is 0.867. The molecule has 9 heteroatoms. The van der Waals surface area contributed by atoms with E-state index in [0.29, 0.717) is 24.3 Å². The molecule has 0 radical (unpaired) electrons. The minimum absolute atomic E-state index is 0.0116. The van der Waals surface area contributed by atoms with Crippen LogP contribution in [0.3, 0.4) is 0 Å². The van der Waals surface area contributed by atoms with Gasteiger partial charge in [-0.25, -0.2) is 0 Å². The summed E-state index contributed by atoms with van der Waals surface area (Å²) in [4.78, 5) is 40.3. The Balaban J connectivity index is 1.43. The van der Waals surface area contributed by atoms with Crippen molar-refractivity contribution in [2.75, 3.05) is 11.9 Å². The van der Waals surface area contributed by atoms with Gasteiger partial charge in [0.05, 0.1) is 10.2 Å². The fraction of sp³-hybridized carbons (Fsp3) is 0.250. The zero-order chi connectivity index (χ0) is 23.5. The molecule has 170 valence electrons. The molecular weight excluding hydrogens is 458 g/mol. The lowest BCUT2D eigenvalue weighted by atomic mass is 10.0. The van der Waals surface area contributed by atoms with Crippen molar-refractivity contribution in [2.24, 2.45) is 0 Å². The molecule has 33 heavy (non-hydrogen) atoms. The van der Waals surface area contributed by atoms with Gasteiger partial charge < -0.3 is 10.2 Å². The third kappa shape index (κ3) is 5.09. The summed E-state index contributed by atoms with van der Waals surface area (Å²) in [5, 5.41) is 15.4. The van der Waals surface area contributed by atoms with Crippen molar-refractivity contribution in [1.82, 2.24) is 4.90 Å². The Morgan fingerprint density at radius 3 is 2.67 bits per heavy atom. The molecule has 2 amide bonds. The minimum atomic E-state index is -0.454. The highest BCUT2D eigenvalue weighted by Crippen LogP contribution is 2.29. The SMILES string of the molecule is Cc1c(NC(=O)C(C)Sc2ccc([N+](=O)[O-])cc2)cccc1C(=O)N1CCc2sccc2C1. The molecule has 1 unspecified atom stereocenters. The number of anilines is 1. The molecule has 0 bridgehead atoms. The van der Waals surface area contributed by atoms with Crippen molar-refractivity contribution in [2.45, 2.75) is 37.0 Å². The standard InChI is InChI=1S/C24H23N3O4S2/c1-15-20(24(29)26-12-10-22-17(14-26)11-13-32-22)4-3-5-21(15)25-23(28)16(2)33-19-8-6-18(7-9-19)27(30)31/h3-9,11,13,16H,10,12,14H2,1-2H3,(H,25,28). The van der Waals surface area contributed by atoms with Crippen LogP contribution in [0.15, 0.2) is 58.8 Å². The largest absolute Gasteiger partial charge is 0.334 e. The Morgan fingerprint density at radius 1 is 1.18 bits per heavy atom. The van der Waals surface area contributed by atoms with Gasteiger partial charge in [-0.05, 0) is 67.1 Å². The molecule has 1 N–H and O–H groups in total. The number of thiophene rings is 1. The molecule has 0 saturated heterocycles. The van der Waals surface area contributed by atoms with E-state index >= 15 is 0 Å². The van der Waals surface area contributed by atoms with E-state index < -0.39 is 10.2 Å². The number of rotatable bonds is 6. The molecule has 2 aromatic carbocycles. The Kier molecular flexibility index (Phi) is 6.80. The van der Waals surface area contributed by atoms with Gasteiger partial charge in [-0.3, -0.25) is 19.7 Å². The molecule has 1 aliphatic heterocycles. The molecule has 0 aliphatic carbocycles. The number of amides is 2. The lowest BCUT2D eigenvalue weighted by Crippen LogP contribution is -2.35. The van der Waals surface area contributed by atoms with Crippen LogP contribution in [-0.2, 0) is 17.8 Å². The third-order valence-electron chi connectivity index (χ3n) is 5.65. The highest BCUT2D eigenvalue weighted by molar-refractivity contribution is 8.00. The summed E-state index contributed by atoms with van der Waals surface area (Å²) < 4.78 is 0. The number of nitro groups is 1. The van der Waals surface area contributed by atoms with E-state index in [1.54, 1.807) is 48.6 Å². The fourth-order valence-electron chi connectivity index (χ4n) is 3.73. The van der Waals surface area contributed by atoms with Gasteiger partial charge in [0.1, 0.15) is 0 Å². The highest BCUT2D eigenvalue weighted by atomic mass is 32.2. The average molecular weight is 482 g/mol. The fourth-order valence-corrected chi connectivity index (χ4v) is 5.49. The zero-order valence-electron chi connectivity index (χ0n) is 18.2. The van der Waals surface area contributed by atoms with Crippen LogP contribution in [0.5, 0.6) is 0 Å². The first-order chi connectivity index (χ1) is 15.8. The predicted molar refractivity (Wildman–Crippen MR) is 131 cm³/mol. The van der Waals surface area contributed by atoms with Crippen LogP contribution < -0.4 is 5.32 Å². The van der Waals surface area contributed by atoms with E-state index in [2.05, 4.69) is 16.8 Å². The predicted octanol–water partition coefficient (Wildman–Crippen LogP) is 5.28. The van der Waals surface area contributed by atoms with Gasteiger partial charge in [-0.15, -0.1) is 23.1 Å². The Hall–Kier alpha value is -3.17. The number of thioether (sulfide) groups is 1. The van der Waals surface area contributed by atoms with Gasteiger partial charge in [0.15, 0.2) is 0 Å². The summed E-state index contributed by atoms with van der Waals surface area (Å²) in [7, 11) is 0. The van der Waals surface area contributed by atoms with Crippen LogP contribution in [0.1, 0.15) is 33.3 Å². The zero-order valence-corrected chi connectivity index (χ0v) is 19.9. The molecule has 0 spiro atoms. The minimum Gasteiger partial charge on any atom is -0.334 e. The number of carbonyl (C=O) groups excluding carboxylic acids is 2. The molecule has 0 fully saturated rings. The number of nitro benzene ring substituents is 1. The Labute approximate surface area is 200 Å². The van der Waals surface area contributed by atoms with Crippen LogP contribution in [-0.4, -0.2) is 33.4 Å². The van der Waals surface area contributed by atoms with Gasteiger partial charge in [-0.2, -0.15) is 0 Å². The van der Waals surface area contributed by atoms with E-state index in [1.807, 2.05) is 11.8 Å². The number of fused-ring (bicyclic) bond motifs is 1. The number of carbonyl (C=O) groups is 2. The highest BCUT2D eigenvalue weighted by Gasteiger charge is 2.25. The van der Waals surface area contributed by atoms with E-state index in [0.717, 1.165) is 16.9 Å². The van der Waals surface area contributed by atoms with Crippen molar-refractivity contribution in [3.05, 3.63) is 85.6 Å². The third-order valence-corrected chi connectivity index (χ3v) is 7.78. The van der Waals surface area contributed by atoms with E-state index in [9.17, 15) is 19.7 Å². The molecule has 1 aliphatic rings. The van der Waals surface area contributed by atoms with Crippen molar-refractivity contribution < 1.29 is 14.5 Å².